The number of halogens is 1. The molecule has 3 nitrogen and oxygen atoms in total. The van der Waals surface area contributed by atoms with Gasteiger partial charge < -0.3 is 0 Å². The summed E-state index contributed by atoms with van der Waals surface area (Å²) in [7, 11) is -3.56. The highest BCUT2D eigenvalue weighted by Gasteiger charge is 2.26. The lowest BCUT2D eigenvalue weighted by molar-refractivity contribution is 0.586. The number of hydrogen-bond donors (Lipinski definition) is 0. The first kappa shape index (κ1) is 15.6. The van der Waals surface area contributed by atoms with Gasteiger partial charge in [-0.15, -0.1) is 0 Å². The molecule has 5 heteroatoms. The third kappa shape index (κ3) is 3.10. The van der Waals surface area contributed by atoms with Gasteiger partial charge in [-0.1, -0.05) is 41.4 Å². The molecule has 2 rings (SSSR count). The molecule has 0 spiro atoms. The smallest absolute Gasteiger partial charge is 0.191 e. The molecule has 0 bridgehead atoms. The van der Waals surface area contributed by atoms with E-state index in [0.29, 0.717) is 16.3 Å². The average molecular weight is 320 g/mol. The van der Waals surface area contributed by atoms with E-state index in [-0.39, 0.29) is 4.90 Å². The average Bonchev–Trinajstić information content (AvgIpc) is 2.46. The second kappa shape index (κ2) is 5.88. The minimum atomic E-state index is -3.56. The molecule has 108 valence electrons. The molecule has 0 unspecified atom stereocenters. The van der Waals surface area contributed by atoms with Gasteiger partial charge in [-0.2, -0.15) is 0 Å². The Bertz CT molecular complexity index is 805. The van der Waals surface area contributed by atoms with Crippen LogP contribution < -0.4 is 0 Å². The molecule has 1 atom stereocenters. The molecule has 2 aromatic rings. The Labute approximate surface area is 129 Å². The van der Waals surface area contributed by atoms with Gasteiger partial charge in [0.25, 0.3) is 0 Å². The number of hydrogen-bond acceptors (Lipinski definition) is 2. The standard InChI is InChI=1S/C16H14ClNO2S/c1-11-4-7-14(8-5-11)21(19,20)12(2)15-10-13(17)6-9-16(15)18-3/h4-10,12H,1-2H3/t12-/m0/s1. The lowest BCUT2D eigenvalue weighted by atomic mass is 10.1. The van der Waals surface area contributed by atoms with Crippen molar-refractivity contribution in [1.82, 2.24) is 0 Å². The topological polar surface area (TPSA) is 38.5 Å². The van der Waals surface area contributed by atoms with Gasteiger partial charge in [0.15, 0.2) is 15.5 Å². The van der Waals surface area contributed by atoms with Crippen LogP contribution in [0.25, 0.3) is 4.85 Å². The summed E-state index contributed by atoms with van der Waals surface area (Å²) < 4.78 is 25.4. The second-order valence-corrected chi connectivity index (χ2v) is 7.52. The Kier molecular flexibility index (Phi) is 4.36. The van der Waals surface area contributed by atoms with Crippen LogP contribution in [0.1, 0.15) is 23.3 Å². The van der Waals surface area contributed by atoms with Crippen LogP contribution in [0.2, 0.25) is 5.02 Å². The lowest BCUT2D eigenvalue weighted by Crippen LogP contribution is -2.11. The fraction of sp³-hybridized carbons (Fsp3) is 0.188. The molecular weight excluding hydrogens is 306 g/mol. The van der Waals surface area contributed by atoms with Crippen LogP contribution in [-0.4, -0.2) is 8.42 Å². The summed E-state index contributed by atoms with van der Waals surface area (Å²) in [6, 6.07) is 11.4. The molecular formula is C16H14ClNO2S. The predicted octanol–water partition coefficient (Wildman–Crippen LogP) is 4.73. The quantitative estimate of drug-likeness (QED) is 0.767. The molecule has 0 saturated heterocycles. The van der Waals surface area contributed by atoms with Gasteiger partial charge in [-0.3, -0.25) is 0 Å². The van der Waals surface area contributed by atoms with E-state index < -0.39 is 15.1 Å². The monoisotopic (exact) mass is 319 g/mol. The Morgan fingerprint density at radius 3 is 2.33 bits per heavy atom. The maximum Gasteiger partial charge on any atom is 0.191 e. The normalized spacial score (nSPS) is 12.7. The van der Waals surface area contributed by atoms with Gasteiger partial charge >= 0.3 is 0 Å². The van der Waals surface area contributed by atoms with Crippen molar-refractivity contribution in [3.05, 3.63) is 70.0 Å². The van der Waals surface area contributed by atoms with Crippen LogP contribution in [0, 0.1) is 13.5 Å². The first-order valence-corrected chi connectivity index (χ1v) is 8.26. The van der Waals surface area contributed by atoms with E-state index in [9.17, 15) is 8.42 Å². The molecule has 0 aromatic heterocycles. The first-order chi connectivity index (χ1) is 9.86. The fourth-order valence-electron chi connectivity index (χ4n) is 2.05. The molecule has 0 radical (unpaired) electrons. The van der Waals surface area contributed by atoms with Crippen molar-refractivity contribution in [2.75, 3.05) is 0 Å². The molecule has 2 aromatic carbocycles. The van der Waals surface area contributed by atoms with Crippen molar-refractivity contribution in [2.24, 2.45) is 0 Å². The van der Waals surface area contributed by atoms with Crippen molar-refractivity contribution in [1.29, 1.82) is 0 Å². The van der Waals surface area contributed by atoms with E-state index in [1.165, 1.54) is 0 Å². The van der Waals surface area contributed by atoms with Gasteiger partial charge in [-0.25, -0.2) is 13.3 Å². The van der Waals surface area contributed by atoms with Gasteiger partial charge in [0.2, 0.25) is 0 Å². The van der Waals surface area contributed by atoms with Crippen LogP contribution in [0.3, 0.4) is 0 Å². The van der Waals surface area contributed by atoms with E-state index >= 15 is 0 Å². The van der Waals surface area contributed by atoms with Crippen molar-refractivity contribution in [3.8, 4) is 0 Å². The molecule has 0 aliphatic carbocycles. The molecule has 21 heavy (non-hydrogen) atoms. The minimum absolute atomic E-state index is 0.247. The third-order valence-electron chi connectivity index (χ3n) is 3.36. The van der Waals surface area contributed by atoms with E-state index in [1.807, 2.05) is 6.92 Å². The zero-order valence-electron chi connectivity index (χ0n) is 11.7. The van der Waals surface area contributed by atoms with Crippen LogP contribution in [0.15, 0.2) is 47.4 Å². The number of rotatable bonds is 3. The van der Waals surface area contributed by atoms with E-state index in [4.69, 9.17) is 18.2 Å². The van der Waals surface area contributed by atoms with Crippen LogP contribution >= 0.6 is 11.6 Å². The predicted molar refractivity (Wildman–Crippen MR) is 84.5 cm³/mol. The minimum Gasteiger partial charge on any atom is -0.238 e. The Morgan fingerprint density at radius 2 is 1.76 bits per heavy atom. The molecule has 0 aliphatic heterocycles. The maximum absolute atomic E-state index is 12.7. The summed E-state index contributed by atoms with van der Waals surface area (Å²) in [6.07, 6.45) is 0. The molecule has 0 amide bonds. The van der Waals surface area contributed by atoms with Gasteiger partial charge in [0, 0.05) is 5.02 Å². The number of nitrogens with zero attached hydrogens (tertiary/aromatic N) is 1. The number of aryl methyl sites for hydroxylation is 1. The summed E-state index contributed by atoms with van der Waals surface area (Å²) >= 11 is 5.94. The largest absolute Gasteiger partial charge is 0.238 e. The van der Waals surface area contributed by atoms with E-state index in [1.54, 1.807) is 49.4 Å². The fourth-order valence-corrected chi connectivity index (χ4v) is 3.68. The SMILES string of the molecule is [C-]#[N+]c1ccc(Cl)cc1[C@H](C)S(=O)(=O)c1ccc(C)cc1. The van der Waals surface area contributed by atoms with Crippen molar-refractivity contribution >= 4 is 27.1 Å². The lowest BCUT2D eigenvalue weighted by Gasteiger charge is -2.15. The maximum atomic E-state index is 12.7. The van der Waals surface area contributed by atoms with Crippen LogP contribution in [0.5, 0.6) is 0 Å². The van der Waals surface area contributed by atoms with Crippen molar-refractivity contribution < 1.29 is 8.42 Å². The van der Waals surface area contributed by atoms with Crippen molar-refractivity contribution in [2.45, 2.75) is 24.0 Å². The second-order valence-electron chi connectivity index (χ2n) is 4.82. The number of sulfone groups is 1. The highest BCUT2D eigenvalue weighted by molar-refractivity contribution is 7.91. The van der Waals surface area contributed by atoms with Gasteiger partial charge in [0.05, 0.1) is 16.7 Å². The van der Waals surface area contributed by atoms with Crippen molar-refractivity contribution in [3.63, 3.8) is 0 Å². The Balaban J connectivity index is 2.53. The van der Waals surface area contributed by atoms with E-state index in [0.717, 1.165) is 5.56 Å². The summed E-state index contributed by atoms with van der Waals surface area (Å²) in [6.45, 7) is 10.6. The molecule has 0 saturated carbocycles. The molecule has 0 heterocycles. The highest BCUT2D eigenvalue weighted by atomic mass is 35.5. The molecule has 0 fully saturated rings. The highest BCUT2D eigenvalue weighted by Crippen LogP contribution is 2.36. The summed E-state index contributed by atoms with van der Waals surface area (Å²) in [5.74, 6) is 0. The van der Waals surface area contributed by atoms with Crippen LogP contribution in [-0.2, 0) is 9.84 Å². The molecule has 0 aliphatic rings. The zero-order valence-corrected chi connectivity index (χ0v) is 13.2. The zero-order chi connectivity index (χ0) is 15.6. The molecule has 0 N–H and O–H groups in total. The number of benzene rings is 2. The summed E-state index contributed by atoms with van der Waals surface area (Å²) in [5, 5.41) is -0.411. The summed E-state index contributed by atoms with van der Waals surface area (Å²) in [4.78, 5) is 3.63. The Morgan fingerprint density at radius 1 is 1.14 bits per heavy atom. The van der Waals surface area contributed by atoms with E-state index in [2.05, 4.69) is 4.85 Å². The van der Waals surface area contributed by atoms with Gasteiger partial charge in [0.1, 0.15) is 0 Å². The third-order valence-corrected chi connectivity index (χ3v) is 5.71. The first-order valence-electron chi connectivity index (χ1n) is 6.33. The van der Waals surface area contributed by atoms with Crippen LogP contribution in [0.4, 0.5) is 5.69 Å². The Hall–Kier alpha value is -1.83. The van der Waals surface area contributed by atoms with Gasteiger partial charge in [-0.05, 0) is 37.6 Å². The summed E-state index contributed by atoms with van der Waals surface area (Å²) in [5.41, 5.74) is 1.73.